The molecule has 4 heteroatoms. The molecule has 276 valence electrons. The summed E-state index contributed by atoms with van der Waals surface area (Å²) in [5.74, 6) is 0.272. The molecule has 3 aliphatic heterocycles. The van der Waals surface area contributed by atoms with Crippen molar-refractivity contribution in [1.82, 2.24) is 5.32 Å². The third-order valence-corrected chi connectivity index (χ3v) is 14.2. The van der Waals surface area contributed by atoms with Crippen molar-refractivity contribution < 1.29 is 0 Å². The lowest BCUT2D eigenvalue weighted by atomic mass is 9.83. The molecule has 0 fully saturated rings. The fourth-order valence-electron chi connectivity index (χ4n) is 10.3. The molecule has 3 aliphatic carbocycles. The molecule has 57 heavy (non-hydrogen) atoms. The Morgan fingerprint density at radius 3 is 2.42 bits per heavy atom. The fraction of sp³-hybridized carbons (Fsp3) is 0.170. The van der Waals surface area contributed by atoms with E-state index in [4.69, 9.17) is 0 Å². The molecule has 6 aliphatic rings. The van der Waals surface area contributed by atoms with E-state index in [2.05, 4.69) is 179 Å². The number of anilines is 4. The minimum atomic E-state index is 0.228. The van der Waals surface area contributed by atoms with Crippen molar-refractivity contribution in [2.24, 2.45) is 0 Å². The number of nitrogens with one attached hydrogen (secondary N) is 1. The number of fused-ring (bicyclic) bond motifs is 9. The summed E-state index contributed by atoms with van der Waals surface area (Å²) in [4.78, 5) is 5.21. The van der Waals surface area contributed by atoms with Crippen molar-refractivity contribution in [3.63, 3.8) is 0 Å². The molecular formula is C53H43N3S. The molecule has 0 radical (unpaired) electrons. The van der Waals surface area contributed by atoms with Crippen molar-refractivity contribution in [2.75, 3.05) is 22.9 Å². The SMILES string of the molecule is C1=CC(c2cc(C3=CCNCC3)cc(N3c4ccccc4C4=CC(C5=CC6c7ccccc7N(c7ccc8sc9ccccc9c8c7)C6C=C5)=CCC43)c2)=CCC1. The molecule has 1 N–H and O–H groups in total. The zero-order valence-electron chi connectivity index (χ0n) is 31.9. The number of allylic oxidation sites excluding steroid dienone is 8. The predicted molar refractivity (Wildman–Crippen MR) is 243 cm³/mol. The van der Waals surface area contributed by atoms with Gasteiger partial charge in [0.25, 0.3) is 0 Å². The van der Waals surface area contributed by atoms with Crippen molar-refractivity contribution in [1.29, 1.82) is 0 Å². The second kappa shape index (κ2) is 13.3. The zero-order valence-corrected chi connectivity index (χ0v) is 32.7. The summed E-state index contributed by atoms with van der Waals surface area (Å²) < 4.78 is 2.70. The summed E-state index contributed by atoms with van der Waals surface area (Å²) in [7, 11) is 0. The number of hydrogen-bond donors (Lipinski definition) is 1. The van der Waals surface area contributed by atoms with Gasteiger partial charge in [-0.15, -0.1) is 11.3 Å². The van der Waals surface area contributed by atoms with Gasteiger partial charge in [0.1, 0.15) is 0 Å². The van der Waals surface area contributed by atoms with Crippen LogP contribution in [-0.4, -0.2) is 25.2 Å². The van der Waals surface area contributed by atoms with Gasteiger partial charge >= 0.3 is 0 Å². The van der Waals surface area contributed by atoms with E-state index in [0.717, 1.165) is 38.8 Å². The van der Waals surface area contributed by atoms with Gasteiger partial charge < -0.3 is 15.1 Å². The Labute approximate surface area is 338 Å². The van der Waals surface area contributed by atoms with Crippen LogP contribution in [0.15, 0.2) is 175 Å². The number of rotatable bonds is 5. The highest BCUT2D eigenvalue weighted by Gasteiger charge is 2.40. The van der Waals surface area contributed by atoms with Crippen LogP contribution in [0.1, 0.15) is 53.9 Å². The van der Waals surface area contributed by atoms with Crippen molar-refractivity contribution >= 4 is 71.0 Å². The molecule has 12 rings (SSSR count). The average Bonchev–Trinajstić information content (AvgIpc) is 3.94. The topological polar surface area (TPSA) is 18.5 Å². The summed E-state index contributed by atoms with van der Waals surface area (Å²) in [6.07, 6.45) is 26.1. The third-order valence-electron chi connectivity index (χ3n) is 13.0. The van der Waals surface area contributed by atoms with Crippen LogP contribution in [-0.2, 0) is 0 Å². The lowest BCUT2D eigenvalue weighted by molar-refractivity contribution is 0.738. The van der Waals surface area contributed by atoms with Gasteiger partial charge in [0.05, 0.1) is 12.1 Å². The molecule has 3 nitrogen and oxygen atoms in total. The summed E-state index contributed by atoms with van der Waals surface area (Å²) >= 11 is 1.89. The van der Waals surface area contributed by atoms with Crippen molar-refractivity contribution in [3.05, 3.63) is 197 Å². The van der Waals surface area contributed by atoms with Gasteiger partial charge in [-0.3, -0.25) is 0 Å². The monoisotopic (exact) mass is 753 g/mol. The van der Waals surface area contributed by atoms with Gasteiger partial charge in [-0.05, 0) is 137 Å². The summed E-state index contributed by atoms with van der Waals surface area (Å²) in [5.41, 5.74) is 17.5. The minimum absolute atomic E-state index is 0.228. The van der Waals surface area contributed by atoms with Crippen LogP contribution in [0.2, 0.25) is 0 Å². The molecule has 0 amide bonds. The first-order valence-electron chi connectivity index (χ1n) is 20.7. The van der Waals surface area contributed by atoms with E-state index in [1.165, 1.54) is 93.0 Å². The van der Waals surface area contributed by atoms with Gasteiger partial charge in [0.15, 0.2) is 0 Å². The minimum Gasteiger partial charge on any atom is -0.333 e. The van der Waals surface area contributed by atoms with E-state index in [1.807, 2.05) is 11.3 Å². The molecule has 6 aromatic rings. The first-order valence-corrected chi connectivity index (χ1v) is 21.5. The van der Waals surface area contributed by atoms with E-state index in [1.54, 1.807) is 0 Å². The van der Waals surface area contributed by atoms with E-state index < -0.39 is 0 Å². The van der Waals surface area contributed by atoms with E-state index in [0.29, 0.717) is 0 Å². The quantitative estimate of drug-likeness (QED) is 0.189. The molecule has 3 unspecified atom stereocenters. The van der Waals surface area contributed by atoms with Gasteiger partial charge in [-0.2, -0.15) is 0 Å². The van der Waals surface area contributed by atoms with E-state index in [-0.39, 0.29) is 18.0 Å². The zero-order chi connectivity index (χ0) is 37.5. The standard InChI is InChI=1S/C53H43N3S/c1-2-10-34(11-3-1)38-28-39(35-24-26-54-27-25-35)30-41(29-38)56-49-16-8-5-13-43(49)46-32-37(19-22-51(46)56)36-18-21-50-45(31-36)42-12-4-7-15-48(42)55(50)40-20-23-53-47(33-40)44-14-6-9-17-52(44)57-53/h2,4-21,23-24,28-33,45,50-51,54H,1,3,22,25-27H2. The summed E-state index contributed by atoms with van der Waals surface area (Å²) in [6, 6.07) is 41.8. The lowest BCUT2D eigenvalue weighted by Gasteiger charge is -2.32. The van der Waals surface area contributed by atoms with Crippen LogP contribution in [0.3, 0.4) is 0 Å². The first-order chi connectivity index (χ1) is 28.2. The van der Waals surface area contributed by atoms with Crippen LogP contribution >= 0.6 is 11.3 Å². The molecule has 1 aromatic heterocycles. The predicted octanol–water partition coefficient (Wildman–Crippen LogP) is 13.2. The van der Waals surface area contributed by atoms with Gasteiger partial charge in [-0.1, -0.05) is 103 Å². The average molecular weight is 754 g/mol. The summed E-state index contributed by atoms with van der Waals surface area (Å²) in [6.45, 7) is 1.96. The molecule has 0 bridgehead atoms. The van der Waals surface area contributed by atoms with Crippen LogP contribution in [0.25, 0.3) is 36.9 Å². The highest BCUT2D eigenvalue weighted by molar-refractivity contribution is 7.25. The fourth-order valence-corrected chi connectivity index (χ4v) is 11.4. The number of para-hydroxylation sites is 2. The molecule has 0 spiro atoms. The van der Waals surface area contributed by atoms with E-state index >= 15 is 0 Å². The number of hydrogen-bond acceptors (Lipinski definition) is 4. The third kappa shape index (κ3) is 5.42. The van der Waals surface area contributed by atoms with Crippen LogP contribution in [0, 0.1) is 0 Å². The Morgan fingerprint density at radius 1 is 0.649 bits per heavy atom. The van der Waals surface area contributed by atoms with Crippen LogP contribution in [0.5, 0.6) is 0 Å². The highest BCUT2D eigenvalue weighted by Crippen LogP contribution is 2.52. The van der Waals surface area contributed by atoms with Crippen molar-refractivity contribution in [2.45, 2.75) is 43.7 Å². The van der Waals surface area contributed by atoms with E-state index in [9.17, 15) is 0 Å². The first kappa shape index (κ1) is 33.2. The number of nitrogens with zero attached hydrogens (tertiary/aromatic N) is 2. The molecule has 4 heterocycles. The normalized spacial score (nSPS) is 22.0. The molecular weight excluding hydrogens is 711 g/mol. The maximum atomic E-state index is 3.52. The Balaban J connectivity index is 0.903. The molecule has 3 atom stereocenters. The van der Waals surface area contributed by atoms with Crippen LogP contribution in [0.4, 0.5) is 22.7 Å². The van der Waals surface area contributed by atoms with Crippen molar-refractivity contribution in [3.8, 4) is 0 Å². The van der Waals surface area contributed by atoms with Crippen LogP contribution < -0.4 is 15.1 Å². The number of thiophene rings is 1. The Hall–Kier alpha value is -5.94. The number of benzene rings is 5. The highest BCUT2D eigenvalue weighted by atomic mass is 32.1. The smallest absolute Gasteiger partial charge is 0.0633 e. The Bertz CT molecular complexity index is 2870. The maximum Gasteiger partial charge on any atom is 0.0633 e. The molecule has 0 saturated heterocycles. The second-order valence-electron chi connectivity index (χ2n) is 16.2. The Morgan fingerprint density at radius 2 is 1.51 bits per heavy atom. The summed E-state index contributed by atoms with van der Waals surface area (Å²) in [5, 5.41) is 6.21. The lowest BCUT2D eigenvalue weighted by Crippen LogP contribution is -2.29. The largest absolute Gasteiger partial charge is 0.333 e. The molecule has 0 saturated carbocycles. The Kier molecular flexibility index (Phi) is 7.77. The maximum absolute atomic E-state index is 3.52. The van der Waals surface area contributed by atoms with Gasteiger partial charge in [-0.25, -0.2) is 0 Å². The second-order valence-corrected chi connectivity index (χ2v) is 17.3. The molecule has 5 aromatic carbocycles. The van der Waals surface area contributed by atoms with Gasteiger partial charge in [0, 0.05) is 60.9 Å². The van der Waals surface area contributed by atoms with Gasteiger partial charge in [0.2, 0.25) is 0 Å².